The summed E-state index contributed by atoms with van der Waals surface area (Å²) in [6, 6.07) is 9.87. The second-order valence-electron chi connectivity index (χ2n) is 6.15. The Morgan fingerprint density at radius 1 is 1.39 bits per heavy atom. The normalized spacial score (nSPS) is 14.7. The molecule has 0 saturated heterocycles. The molecule has 0 aliphatic rings. The van der Waals surface area contributed by atoms with Gasteiger partial charge in [-0.1, -0.05) is 43.3 Å². The Bertz CT molecular complexity index is 472. The van der Waals surface area contributed by atoms with Gasteiger partial charge in [0, 0.05) is 6.42 Å². The monoisotopic (exact) mass is 320 g/mol. The molecule has 0 radical (unpaired) electrons. The fourth-order valence-electron chi connectivity index (χ4n) is 2.51. The average molecular weight is 320 g/mol. The van der Waals surface area contributed by atoms with E-state index in [9.17, 15) is 9.90 Å². The molecule has 0 heterocycles. The van der Waals surface area contributed by atoms with Crippen LogP contribution in [0.2, 0.25) is 0 Å². The van der Waals surface area contributed by atoms with Crippen LogP contribution in [0.4, 0.5) is 0 Å². The molecule has 0 aliphatic heterocycles. The number of carbonyl (C=O) groups excluding carboxylic acids is 1. The third kappa shape index (κ3) is 7.95. The number of hydrogen-bond donors (Lipinski definition) is 1. The summed E-state index contributed by atoms with van der Waals surface area (Å²) in [5.74, 6) is -0.205. The predicted molar refractivity (Wildman–Crippen MR) is 90.9 cm³/mol. The predicted octanol–water partition coefficient (Wildman–Crippen LogP) is 3.49. The number of esters is 1. The minimum atomic E-state index is -0.556. The molecule has 0 amide bonds. The van der Waals surface area contributed by atoms with Crippen molar-refractivity contribution in [2.45, 2.75) is 45.3 Å². The molecule has 1 N–H and O–H groups in total. The molecule has 0 unspecified atom stereocenters. The lowest BCUT2D eigenvalue weighted by atomic mass is 9.80. The Morgan fingerprint density at radius 2 is 2.09 bits per heavy atom. The van der Waals surface area contributed by atoms with E-state index in [1.54, 1.807) is 0 Å². The Morgan fingerprint density at radius 3 is 2.70 bits per heavy atom. The van der Waals surface area contributed by atoms with Crippen molar-refractivity contribution in [2.75, 3.05) is 13.7 Å². The Labute approximate surface area is 139 Å². The molecule has 0 bridgehead atoms. The fourth-order valence-corrected chi connectivity index (χ4v) is 2.51. The van der Waals surface area contributed by atoms with E-state index in [4.69, 9.17) is 4.74 Å². The summed E-state index contributed by atoms with van der Waals surface area (Å²) in [4.78, 5) is 11.2. The van der Waals surface area contributed by atoms with Crippen LogP contribution in [-0.2, 0) is 20.9 Å². The van der Waals surface area contributed by atoms with Crippen molar-refractivity contribution in [1.82, 2.24) is 0 Å². The van der Waals surface area contributed by atoms with Crippen LogP contribution < -0.4 is 0 Å². The standard InChI is InChI=1S/C19H28O4/c1-4-19(2,12-8-11-18(21)22-3)13-17(20)15-23-14-16-9-6-5-7-10-16/h4-7,9-10,17,20H,1,8,11-15H2,2-3H3/t17-,19-/m0/s1. The molecule has 1 aromatic rings. The molecule has 1 rings (SSSR count). The van der Waals surface area contributed by atoms with Crippen LogP contribution in [0.5, 0.6) is 0 Å². The van der Waals surface area contributed by atoms with E-state index in [1.165, 1.54) is 7.11 Å². The zero-order valence-electron chi connectivity index (χ0n) is 14.2. The van der Waals surface area contributed by atoms with E-state index in [-0.39, 0.29) is 18.0 Å². The van der Waals surface area contributed by atoms with Crippen LogP contribution in [0.1, 0.15) is 38.2 Å². The number of methoxy groups -OCH3 is 1. The molecule has 0 aliphatic carbocycles. The first-order chi connectivity index (χ1) is 11.0. The molecule has 4 nitrogen and oxygen atoms in total. The van der Waals surface area contributed by atoms with Crippen molar-refractivity contribution in [2.24, 2.45) is 5.41 Å². The van der Waals surface area contributed by atoms with Gasteiger partial charge in [0.05, 0.1) is 26.4 Å². The number of hydrogen-bond acceptors (Lipinski definition) is 4. The van der Waals surface area contributed by atoms with Gasteiger partial charge in [0.1, 0.15) is 0 Å². The second-order valence-corrected chi connectivity index (χ2v) is 6.15. The molecular weight excluding hydrogens is 292 g/mol. The van der Waals surface area contributed by atoms with E-state index >= 15 is 0 Å². The van der Waals surface area contributed by atoms with Gasteiger partial charge in [0.2, 0.25) is 0 Å². The van der Waals surface area contributed by atoms with E-state index in [0.29, 0.717) is 25.9 Å². The van der Waals surface area contributed by atoms with Crippen LogP contribution in [0.25, 0.3) is 0 Å². The van der Waals surface area contributed by atoms with Gasteiger partial charge in [0.15, 0.2) is 0 Å². The molecule has 0 spiro atoms. The summed E-state index contributed by atoms with van der Waals surface area (Å²) in [5, 5.41) is 10.2. The summed E-state index contributed by atoms with van der Waals surface area (Å²) in [6.07, 6.45) is 3.74. The summed E-state index contributed by atoms with van der Waals surface area (Å²) >= 11 is 0. The van der Waals surface area contributed by atoms with Crippen molar-refractivity contribution in [3.05, 3.63) is 48.6 Å². The third-order valence-corrected chi connectivity index (χ3v) is 3.97. The highest BCUT2D eigenvalue weighted by Gasteiger charge is 2.24. The Hall–Kier alpha value is -1.65. The lowest BCUT2D eigenvalue weighted by Crippen LogP contribution is -2.25. The van der Waals surface area contributed by atoms with Gasteiger partial charge in [0.25, 0.3) is 0 Å². The molecule has 0 saturated carbocycles. The Kier molecular flexibility index (Phi) is 8.59. The highest BCUT2D eigenvalue weighted by Crippen LogP contribution is 2.31. The first-order valence-electron chi connectivity index (χ1n) is 7.99. The maximum atomic E-state index is 11.2. The van der Waals surface area contributed by atoms with Gasteiger partial charge in [-0.3, -0.25) is 4.79 Å². The summed E-state index contributed by atoms with van der Waals surface area (Å²) in [7, 11) is 1.39. The molecule has 0 fully saturated rings. The minimum Gasteiger partial charge on any atom is -0.469 e. The summed E-state index contributed by atoms with van der Waals surface area (Å²) in [5.41, 5.74) is 0.869. The smallest absolute Gasteiger partial charge is 0.305 e. The van der Waals surface area contributed by atoms with E-state index in [2.05, 4.69) is 11.3 Å². The molecule has 4 heteroatoms. The van der Waals surface area contributed by atoms with Crippen molar-refractivity contribution in [3.63, 3.8) is 0 Å². The second kappa shape index (κ2) is 10.2. The van der Waals surface area contributed by atoms with Gasteiger partial charge in [-0.15, -0.1) is 6.58 Å². The van der Waals surface area contributed by atoms with Crippen LogP contribution in [0, 0.1) is 5.41 Å². The van der Waals surface area contributed by atoms with Crippen LogP contribution in [-0.4, -0.2) is 30.9 Å². The lowest BCUT2D eigenvalue weighted by Gasteiger charge is -2.28. The minimum absolute atomic E-state index is 0.205. The zero-order valence-corrected chi connectivity index (χ0v) is 14.2. The van der Waals surface area contributed by atoms with Gasteiger partial charge in [-0.25, -0.2) is 0 Å². The molecular formula is C19H28O4. The third-order valence-electron chi connectivity index (χ3n) is 3.97. The first kappa shape index (κ1) is 19.4. The van der Waals surface area contributed by atoms with Gasteiger partial charge < -0.3 is 14.6 Å². The molecule has 2 atom stereocenters. The number of benzene rings is 1. The van der Waals surface area contributed by atoms with Crippen molar-refractivity contribution >= 4 is 5.97 Å². The zero-order chi connectivity index (χ0) is 17.1. The number of allylic oxidation sites excluding steroid dienone is 1. The maximum absolute atomic E-state index is 11.2. The highest BCUT2D eigenvalue weighted by atomic mass is 16.5. The lowest BCUT2D eigenvalue weighted by molar-refractivity contribution is -0.140. The molecule has 1 aromatic carbocycles. The Balaban J connectivity index is 2.32. The van der Waals surface area contributed by atoms with Gasteiger partial charge in [-0.2, -0.15) is 0 Å². The van der Waals surface area contributed by atoms with Crippen LogP contribution >= 0.6 is 0 Å². The molecule has 0 aromatic heterocycles. The average Bonchev–Trinajstić information content (AvgIpc) is 2.55. The number of carbonyl (C=O) groups is 1. The van der Waals surface area contributed by atoms with Crippen LogP contribution in [0.3, 0.4) is 0 Å². The first-order valence-corrected chi connectivity index (χ1v) is 7.99. The van der Waals surface area contributed by atoms with Crippen molar-refractivity contribution < 1.29 is 19.4 Å². The van der Waals surface area contributed by atoms with E-state index < -0.39 is 6.10 Å². The number of rotatable bonds is 11. The summed E-state index contributed by atoms with van der Waals surface area (Å²) < 4.78 is 10.2. The quantitative estimate of drug-likeness (QED) is 0.501. The van der Waals surface area contributed by atoms with E-state index in [1.807, 2.05) is 43.3 Å². The number of ether oxygens (including phenoxy) is 2. The molecule has 128 valence electrons. The number of aliphatic hydroxyl groups is 1. The van der Waals surface area contributed by atoms with E-state index in [0.717, 1.165) is 12.0 Å². The summed E-state index contributed by atoms with van der Waals surface area (Å²) in [6.45, 7) is 6.68. The molecule has 23 heavy (non-hydrogen) atoms. The topological polar surface area (TPSA) is 55.8 Å². The van der Waals surface area contributed by atoms with Gasteiger partial charge in [-0.05, 0) is 30.2 Å². The largest absolute Gasteiger partial charge is 0.469 e. The fraction of sp³-hybridized carbons (Fsp3) is 0.526. The van der Waals surface area contributed by atoms with Crippen molar-refractivity contribution in [1.29, 1.82) is 0 Å². The SMILES string of the molecule is C=C[C@@](C)(CCCC(=O)OC)C[C@H](O)COCc1ccccc1. The maximum Gasteiger partial charge on any atom is 0.305 e. The van der Waals surface area contributed by atoms with Crippen LogP contribution in [0.15, 0.2) is 43.0 Å². The van der Waals surface area contributed by atoms with Crippen molar-refractivity contribution in [3.8, 4) is 0 Å². The van der Waals surface area contributed by atoms with Gasteiger partial charge >= 0.3 is 5.97 Å². The number of aliphatic hydroxyl groups excluding tert-OH is 1. The highest BCUT2D eigenvalue weighted by molar-refractivity contribution is 5.68.